The van der Waals surface area contributed by atoms with Crippen molar-refractivity contribution < 1.29 is 14.3 Å². The van der Waals surface area contributed by atoms with Crippen molar-refractivity contribution in [2.45, 2.75) is 58.2 Å². The molecule has 1 heterocycles. The molecule has 2 atom stereocenters. The highest BCUT2D eigenvalue weighted by Crippen LogP contribution is 2.27. The van der Waals surface area contributed by atoms with Gasteiger partial charge in [-0.05, 0) is 32.8 Å². The minimum atomic E-state index is -0.743. The molecule has 0 radical (unpaired) electrons. The molecule has 0 bridgehead atoms. The van der Waals surface area contributed by atoms with E-state index in [1.807, 2.05) is 51.1 Å². The Morgan fingerprint density at radius 3 is 2.46 bits per heavy atom. The molecule has 0 unspecified atom stereocenters. The SMILES string of the molecule is CCCCN1C[C@@H](c2ccccc2)N(C(=O)OC(C)(C)C)C[C@@H](N)C1=O. The summed E-state index contributed by atoms with van der Waals surface area (Å²) >= 11 is 0. The van der Waals surface area contributed by atoms with Crippen LogP contribution in [0.1, 0.15) is 52.1 Å². The molecule has 144 valence electrons. The molecule has 1 aliphatic heterocycles. The predicted octanol–water partition coefficient (Wildman–Crippen LogP) is 2.93. The Kier molecular flexibility index (Phi) is 6.64. The molecule has 0 saturated carbocycles. The largest absolute Gasteiger partial charge is 0.444 e. The quantitative estimate of drug-likeness (QED) is 0.895. The number of hydrogen-bond acceptors (Lipinski definition) is 4. The second kappa shape index (κ2) is 8.54. The van der Waals surface area contributed by atoms with Gasteiger partial charge in [0.05, 0.1) is 6.04 Å². The van der Waals surface area contributed by atoms with E-state index in [4.69, 9.17) is 10.5 Å². The summed E-state index contributed by atoms with van der Waals surface area (Å²) in [6.45, 7) is 8.81. The molecule has 26 heavy (non-hydrogen) atoms. The van der Waals surface area contributed by atoms with Crippen LogP contribution >= 0.6 is 0 Å². The van der Waals surface area contributed by atoms with Gasteiger partial charge in [0.2, 0.25) is 5.91 Å². The van der Waals surface area contributed by atoms with Crippen LogP contribution in [-0.2, 0) is 9.53 Å². The number of amides is 2. The number of hydrogen-bond donors (Lipinski definition) is 1. The Bertz CT molecular complexity index is 612. The fourth-order valence-electron chi connectivity index (χ4n) is 3.08. The summed E-state index contributed by atoms with van der Waals surface area (Å²) < 4.78 is 5.59. The van der Waals surface area contributed by atoms with Crippen LogP contribution in [0.15, 0.2) is 30.3 Å². The van der Waals surface area contributed by atoms with Gasteiger partial charge in [-0.2, -0.15) is 0 Å². The molecule has 1 saturated heterocycles. The van der Waals surface area contributed by atoms with Gasteiger partial charge in [-0.3, -0.25) is 9.69 Å². The summed E-state index contributed by atoms with van der Waals surface area (Å²) in [5.41, 5.74) is 6.50. The molecule has 0 spiro atoms. The van der Waals surface area contributed by atoms with E-state index < -0.39 is 17.7 Å². The van der Waals surface area contributed by atoms with Crippen molar-refractivity contribution in [1.29, 1.82) is 0 Å². The molecular weight excluding hydrogens is 330 g/mol. The minimum absolute atomic E-state index is 0.106. The Morgan fingerprint density at radius 1 is 1.23 bits per heavy atom. The first-order valence-electron chi connectivity index (χ1n) is 9.32. The van der Waals surface area contributed by atoms with Crippen molar-refractivity contribution in [2.75, 3.05) is 19.6 Å². The first-order chi connectivity index (χ1) is 12.2. The Hall–Kier alpha value is -2.08. The lowest BCUT2D eigenvalue weighted by molar-refractivity contribution is -0.131. The van der Waals surface area contributed by atoms with Gasteiger partial charge in [0.15, 0.2) is 0 Å². The first kappa shape index (κ1) is 20.2. The lowest BCUT2D eigenvalue weighted by atomic mass is 10.1. The maximum atomic E-state index is 12.8. The Balaban J connectivity index is 2.36. The third-order valence-corrected chi connectivity index (χ3v) is 4.39. The lowest BCUT2D eigenvalue weighted by Gasteiger charge is -2.33. The maximum absolute atomic E-state index is 12.8. The van der Waals surface area contributed by atoms with Crippen LogP contribution in [0.25, 0.3) is 0 Å². The van der Waals surface area contributed by atoms with Gasteiger partial charge in [-0.15, -0.1) is 0 Å². The lowest BCUT2D eigenvalue weighted by Crippen LogP contribution is -2.47. The molecular formula is C20H31N3O3. The van der Waals surface area contributed by atoms with Crippen LogP contribution in [0.3, 0.4) is 0 Å². The zero-order valence-corrected chi connectivity index (χ0v) is 16.3. The number of carbonyl (C=O) groups is 2. The van der Waals surface area contributed by atoms with E-state index in [-0.39, 0.29) is 18.5 Å². The molecule has 6 nitrogen and oxygen atoms in total. The average molecular weight is 361 g/mol. The number of nitrogens with zero attached hydrogens (tertiary/aromatic N) is 2. The van der Waals surface area contributed by atoms with Crippen molar-refractivity contribution in [3.8, 4) is 0 Å². The zero-order chi connectivity index (χ0) is 19.3. The molecule has 2 rings (SSSR count). The van der Waals surface area contributed by atoms with E-state index in [1.54, 1.807) is 9.80 Å². The van der Waals surface area contributed by atoms with Crippen LogP contribution < -0.4 is 5.73 Å². The number of nitrogens with two attached hydrogens (primary N) is 1. The maximum Gasteiger partial charge on any atom is 0.410 e. The van der Waals surface area contributed by atoms with Gasteiger partial charge in [-0.1, -0.05) is 43.7 Å². The van der Waals surface area contributed by atoms with Gasteiger partial charge in [0.25, 0.3) is 0 Å². The Morgan fingerprint density at radius 2 is 1.88 bits per heavy atom. The predicted molar refractivity (Wildman–Crippen MR) is 102 cm³/mol. The summed E-state index contributed by atoms with van der Waals surface area (Å²) in [6.07, 6.45) is 1.46. The second-order valence-corrected chi connectivity index (χ2v) is 7.80. The van der Waals surface area contributed by atoms with Crippen LogP contribution in [0.5, 0.6) is 0 Å². The third kappa shape index (κ3) is 5.21. The number of unbranched alkanes of at least 4 members (excludes halogenated alkanes) is 1. The van der Waals surface area contributed by atoms with Gasteiger partial charge >= 0.3 is 6.09 Å². The van der Waals surface area contributed by atoms with Crippen LogP contribution in [0.2, 0.25) is 0 Å². The number of benzene rings is 1. The summed E-state index contributed by atoms with van der Waals surface area (Å²) in [5, 5.41) is 0. The smallest absolute Gasteiger partial charge is 0.410 e. The van der Waals surface area contributed by atoms with Crippen molar-refractivity contribution in [3.05, 3.63) is 35.9 Å². The topological polar surface area (TPSA) is 75.9 Å². The minimum Gasteiger partial charge on any atom is -0.444 e. The third-order valence-electron chi connectivity index (χ3n) is 4.39. The number of rotatable bonds is 4. The van der Waals surface area contributed by atoms with Gasteiger partial charge in [0, 0.05) is 19.6 Å². The molecule has 1 aliphatic rings. The van der Waals surface area contributed by atoms with E-state index in [1.165, 1.54) is 0 Å². The molecule has 2 amide bonds. The highest BCUT2D eigenvalue weighted by Gasteiger charge is 2.38. The fourth-order valence-corrected chi connectivity index (χ4v) is 3.08. The van der Waals surface area contributed by atoms with E-state index in [2.05, 4.69) is 6.92 Å². The molecule has 0 aliphatic carbocycles. The second-order valence-electron chi connectivity index (χ2n) is 7.80. The van der Waals surface area contributed by atoms with Crippen LogP contribution in [0, 0.1) is 0 Å². The number of carbonyl (C=O) groups excluding carboxylic acids is 2. The Labute approximate surface area is 156 Å². The van der Waals surface area contributed by atoms with E-state index in [9.17, 15) is 9.59 Å². The van der Waals surface area contributed by atoms with Crippen LogP contribution in [-0.4, -0.2) is 53.1 Å². The summed E-state index contributed by atoms with van der Waals surface area (Å²) in [6, 6.07) is 8.73. The zero-order valence-electron chi connectivity index (χ0n) is 16.3. The highest BCUT2D eigenvalue weighted by atomic mass is 16.6. The molecule has 1 fully saturated rings. The van der Waals surface area contributed by atoms with Crippen molar-refractivity contribution in [3.63, 3.8) is 0 Å². The average Bonchev–Trinajstić information content (AvgIpc) is 2.70. The van der Waals surface area contributed by atoms with E-state index >= 15 is 0 Å². The first-order valence-corrected chi connectivity index (χ1v) is 9.32. The summed E-state index contributed by atoms with van der Waals surface area (Å²) in [7, 11) is 0. The molecule has 1 aromatic rings. The summed E-state index contributed by atoms with van der Waals surface area (Å²) in [4.78, 5) is 28.9. The van der Waals surface area contributed by atoms with Crippen molar-refractivity contribution in [1.82, 2.24) is 9.80 Å². The summed E-state index contributed by atoms with van der Waals surface area (Å²) in [5.74, 6) is -0.106. The van der Waals surface area contributed by atoms with Gasteiger partial charge in [-0.25, -0.2) is 4.79 Å². The van der Waals surface area contributed by atoms with Gasteiger partial charge < -0.3 is 15.4 Å². The molecule has 1 aromatic carbocycles. The van der Waals surface area contributed by atoms with Crippen molar-refractivity contribution >= 4 is 12.0 Å². The molecule has 0 aromatic heterocycles. The van der Waals surface area contributed by atoms with Crippen LogP contribution in [0.4, 0.5) is 4.79 Å². The highest BCUT2D eigenvalue weighted by molar-refractivity contribution is 5.83. The standard InChI is InChI=1S/C20H31N3O3/c1-5-6-12-22-14-17(15-10-8-7-9-11-15)23(13-16(21)18(22)24)19(25)26-20(2,3)4/h7-11,16-17H,5-6,12-14,21H2,1-4H3/t16-,17+/m1/s1. The van der Waals surface area contributed by atoms with E-state index in [0.717, 1.165) is 18.4 Å². The fraction of sp³-hybridized carbons (Fsp3) is 0.600. The van der Waals surface area contributed by atoms with E-state index in [0.29, 0.717) is 13.1 Å². The van der Waals surface area contributed by atoms with Crippen molar-refractivity contribution in [2.24, 2.45) is 5.73 Å². The molecule has 2 N–H and O–H groups in total. The monoisotopic (exact) mass is 361 g/mol. The van der Waals surface area contributed by atoms with Gasteiger partial charge in [0.1, 0.15) is 11.6 Å². The molecule has 6 heteroatoms. The number of ether oxygens (including phenoxy) is 1. The normalized spacial score (nSPS) is 21.5.